The van der Waals surface area contributed by atoms with E-state index in [1.54, 1.807) is 30.3 Å². The molecule has 3 unspecified atom stereocenters. The smallest absolute Gasteiger partial charge is 0.405 e. The first kappa shape index (κ1) is 33.5. The molecule has 10 nitrogen and oxygen atoms in total. The summed E-state index contributed by atoms with van der Waals surface area (Å²) >= 11 is 0. The second-order valence-electron chi connectivity index (χ2n) is 12.0. The van der Waals surface area contributed by atoms with Crippen LogP contribution in [0.3, 0.4) is 0 Å². The van der Waals surface area contributed by atoms with Gasteiger partial charge in [-0.1, -0.05) is 42.5 Å². The van der Waals surface area contributed by atoms with E-state index in [9.17, 15) is 37.0 Å². The third-order valence-electron chi connectivity index (χ3n) is 8.93. The van der Waals surface area contributed by atoms with Crippen LogP contribution in [0.2, 0.25) is 0 Å². The molecule has 2 fully saturated rings. The number of aliphatic hydroxyl groups is 1. The second kappa shape index (κ2) is 14.2. The molecule has 0 radical (unpaired) electrons. The highest BCUT2D eigenvalue weighted by Gasteiger charge is 2.45. The molecule has 1 aliphatic heterocycles. The van der Waals surface area contributed by atoms with Crippen molar-refractivity contribution >= 4 is 22.0 Å². The number of nitrogens with zero attached hydrogens (tertiary/aromatic N) is 1. The van der Waals surface area contributed by atoms with Gasteiger partial charge in [-0.3, -0.25) is 4.79 Å². The first-order chi connectivity index (χ1) is 22.0. The van der Waals surface area contributed by atoms with Gasteiger partial charge in [0.25, 0.3) is 5.91 Å². The van der Waals surface area contributed by atoms with Gasteiger partial charge in [0.2, 0.25) is 10.0 Å². The molecule has 2 amide bonds. The molecule has 5 atom stereocenters. The van der Waals surface area contributed by atoms with Crippen molar-refractivity contribution in [3.05, 3.63) is 102 Å². The molecule has 5 N–H and O–H groups in total. The lowest BCUT2D eigenvalue weighted by Crippen LogP contribution is -2.59. The fourth-order valence-corrected chi connectivity index (χ4v) is 8.31. The highest BCUT2D eigenvalue weighted by molar-refractivity contribution is 7.89. The van der Waals surface area contributed by atoms with Gasteiger partial charge in [0.05, 0.1) is 11.0 Å². The Labute approximate surface area is 266 Å². The molecular weight excluding hydrogens is 618 g/mol. The third-order valence-corrected chi connectivity index (χ3v) is 10.9. The summed E-state index contributed by atoms with van der Waals surface area (Å²) in [5.41, 5.74) is -1.27. The quantitative estimate of drug-likeness (QED) is 0.213. The molecule has 5 rings (SSSR count). The van der Waals surface area contributed by atoms with E-state index in [0.717, 1.165) is 12.1 Å². The van der Waals surface area contributed by atoms with Crippen LogP contribution in [-0.4, -0.2) is 72.8 Å². The second-order valence-corrected chi connectivity index (χ2v) is 13.9. The van der Waals surface area contributed by atoms with E-state index in [-0.39, 0.29) is 35.3 Å². The molecule has 1 saturated carbocycles. The summed E-state index contributed by atoms with van der Waals surface area (Å²) in [6.45, 7) is 1.27. The van der Waals surface area contributed by atoms with E-state index in [1.807, 2.05) is 0 Å². The largest absolute Gasteiger partial charge is 0.465 e. The maximum absolute atomic E-state index is 14.2. The van der Waals surface area contributed by atoms with Crippen molar-refractivity contribution in [2.75, 3.05) is 19.6 Å². The van der Waals surface area contributed by atoms with E-state index in [4.69, 9.17) is 0 Å². The molecule has 1 aliphatic carbocycles. The maximum Gasteiger partial charge on any atom is 0.405 e. The number of benzene rings is 3. The molecule has 0 bridgehead atoms. The van der Waals surface area contributed by atoms with Crippen molar-refractivity contribution in [2.45, 2.75) is 60.7 Å². The number of rotatable bonds is 11. The average molecular weight is 657 g/mol. The van der Waals surface area contributed by atoms with Crippen LogP contribution in [-0.2, 0) is 26.8 Å². The van der Waals surface area contributed by atoms with Gasteiger partial charge in [0.1, 0.15) is 11.6 Å². The lowest BCUT2D eigenvalue weighted by Gasteiger charge is -2.37. The molecule has 13 heteroatoms. The summed E-state index contributed by atoms with van der Waals surface area (Å²) < 4.78 is 56.1. The summed E-state index contributed by atoms with van der Waals surface area (Å²) in [6, 6.07) is 17.5. The number of halogens is 2. The van der Waals surface area contributed by atoms with Crippen LogP contribution in [0, 0.1) is 17.6 Å². The van der Waals surface area contributed by atoms with Gasteiger partial charge in [0.15, 0.2) is 5.54 Å². The van der Waals surface area contributed by atoms with Crippen molar-refractivity contribution in [2.24, 2.45) is 5.92 Å². The predicted molar refractivity (Wildman–Crippen MR) is 166 cm³/mol. The Hall–Kier alpha value is -3.91. The van der Waals surface area contributed by atoms with Gasteiger partial charge in [-0.15, -0.1) is 0 Å². The van der Waals surface area contributed by atoms with Crippen LogP contribution < -0.4 is 16.0 Å². The van der Waals surface area contributed by atoms with Gasteiger partial charge >= 0.3 is 6.09 Å². The first-order valence-electron chi connectivity index (χ1n) is 15.3. The zero-order chi connectivity index (χ0) is 32.9. The molecule has 46 heavy (non-hydrogen) atoms. The van der Waals surface area contributed by atoms with Gasteiger partial charge in [0, 0.05) is 38.1 Å². The lowest BCUT2D eigenvalue weighted by atomic mass is 9.82. The van der Waals surface area contributed by atoms with Gasteiger partial charge in [-0.25, -0.2) is 22.0 Å². The number of hydrogen-bond donors (Lipinski definition) is 5. The average Bonchev–Trinajstić information content (AvgIpc) is 3.39. The number of carboxylic acid groups (broad SMARTS) is 1. The number of carbonyl (C=O) groups is 2. The molecule has 1 heterocycles. The predicted octanol–water partition coefficient (Wildman–Crippen LogP) is 3.37. The standard InChI is InChI=1S/C33H38F2N4O6S/c34-25-11-6-22(7-12-25)20-33(38-32(42)43,24-9-13-26(35)14-10-24)31(41)37-30-19-28(40)18-23(30)8-15-27-21-36-16-17-39(27)46(44,45)29-4-2-1-3-5-29/h1-7,9-14,23,27-28,30,36,38,40H,8,15-21H2,(H,37,41)(H,42,43)/t23?,27-,28?,30?,33+/m0/s1. The highest BCUT2D eigenvalue weighted by Crippen LogP contribution is 2.34. The van der Waals surface area contributed by atoms with Crippen molar-refractivity contribution in [3.8, 4) is 0 Å². The summed E-state index contributed by atoms with van der Waals surface area (Å²) in [5, 5.41) is 29.1. The first-order valence-corrected chi connectivity index (χ1v) is 16.7. The van der Waals surface area contributed by atoms with Crippen molar-refractivity contribution < 1.29 is 37.0 Å². The molecule has 1 saturated heterocycles. The van der Waals surface area contributed by atoms with Crippen LogP contribution in [0.5, 0.6) is 0 Å². The molecule has 0 aromatic heterocycles. The number of piperazine rings is 1. The Bertz CT molecular complexity index is 1610. The number of amides is 2. The van der Waals surface area contributed by atoms with Crippen molar-refractivity contribution in [3.63, 3.8) is 0 Å². The Morgan fingerprint density at radius 1 is 0.935 bits per heavy atom. The Kier molecular flexibility index (Phi) is 10.4. The maximum atomic E-state index is 14.2. The molecule has 3 aromatic carbocycles. The topological polar surface area (TPSA) is 148 Å². The van der Waals surface area contributed by atoms with E-state index in [1.165, 1.54) is 40.7 Å². The van der Waals surface area contributed by atoms with Crippen LogP contribution in [0.4, 0.5) is 13.6 Å². The van der Waals surface area contributed by atoms with Crippen LogP contribution in [0.1, 0.15) is 36.8 Å². The monoisotopic (exact) mass is 656 g/mol. The van der Waals surface area contributed by atoms with Crippen molar-refractivity contribution in [1.29, 1.82) is 0 Å². The Morgan fingerprint density at radius 3 is 2.24 bits per heavy atom. The van der Waals surface area contributed by atoms with Crippen LogP contribution >= 0.6 is 0 Å². The van der Waals surface area contributed by atoms with Crippen LogP contribution in [0.25, 0.3) is 0 Å². The number of carbonyl (C=O) groups excluding carboxylic acids is 1. The van der Waals surface area contributed by atoms with E-state index in [0.29, 0.717) is 44.5 Å². The van der Waals surface area contributed by atoms with Gasteiger partial charge < -0.3 is 26.2 Å². The van der Waals surface area contributed by atoms with Crippen LogP contribution in [0.15, 0.2) is 83.8 Å². The molecule has 2 aliphatic rings. The van der Waals surface area contributed by atoms with Gasteiger partial charge in [-0.05, 0) is 79.1 Å². The fourth-order valence-electron chi connectivity index (χ4n) is 6.63. The summed E-state index contributed by atoms with van der Waals surface area (Å²) in [4.78, 5) is 26.6. The fraction of sp³-hybridized carbons (Fsp3) is 0.394. The molecule has 246 valence electrons. The number of nitrogens with one attached hydrogen (secondary N) is 3. The summed E-state index contributed by atoms with van der Waals surface area (Å²) in [6.07, 6.45) is -0.879. The molecular formula is C33H38F2N4O6S. The molecule has 0 spiro atoms. The van der Waals surface area contributed by atoms with E-state index >= 15 is 0 Å². The third kappa shape index (κ3) is 7.55. The zero-order valence-electron chi connectivity index (χ0n) is 25.1. The minimum absolute atomic E-state index is 0.184. The SMILES string of the molecule is O=C(O)N[C@@](Cc1ccc(F)cc1)(C(=O)NC1CC(O)CC1CC[C@H]1CNCCN1S(=O)(=O)c1ccccc1)c1ccc(F)cc1. The number of aliphatic hydroxyl groups excluding tert-OH is 1. The zero-order valence-corrected chi connectivity index (χ0v) is 25.9. The Balaban J connectivity index is 1.38. The van der Waals surface area contributed by atoms with E-state index in [2.05, 4.69) is 16.0 Å². The molecule has 3 aromatic rings. The lowest BCUT2D eigenvalue weighted by molar-refractivity contribution is -0.129. The van der Waals surface area contributed by atoms with Gasteiger partial charge in [-0.2, -0.15) is 4.31 Å². The van der Waals surface area contributed by atoms with E-state index < -0.39 is 51.3 Å². The normalized spacial score (nSPS) is 23.4. The minimum Gasteiger partial charge on any atom is -0.465 e. The summed E-state index contributed by atoms with van der Waals surface area (Å²) in [7, 11) is -3.74. The number of hydrogen-bond acceptors (Lipinski definition) is 6. The minimum atomic E-state index is -3.74. The Morgan fingerprint density at radius 2 is 1.59 bits per heavy atom. The highest BCUT2D eigenvalue weighted by atomic mass is 32.2. The number of sulfonamides is 1. The van der Waals surface area contributed by atoms with Crippen molar-refractivity contribution in [1.82, 2.24) is 20.3 Å². The summed E-state index contributed by atoms with van der Waals surface area (Å²) in [5.74, 6) is -2.01.